The van der Waals surface area contributed by atoms with E-state index in [2.05, 4.69) is 0 Å². The van der Waals surface area contributed by atoms with Crippen molar-refractivity contribution >= 4 is 23.0 Å². The van der Waals surface area contributed by atoms with E-state index < -0.39 is 23.4 Å². The molecule has 0 atom stereocenters. The highest BCUT2D eigenvalue weighted by molar-refractivity contribution is 5.88. The lowest BCUT2D eigenvalue weighted by Crippen LogP contribution is -2.44. The second-order valence-corrected chi connectivity index (χ2v) is 8.69. The van der Waals surface area contributed by atoms with Crippen molar-refractivity contribution in [3.63, 3.8) is 0 Å². The predicted molar refractivity (Wildman–Crippen MR) is 108 cm³/mol. The van der Waals surface area contributed by atoms with Gasteiger partial charge in [-0.25, -0.2) is 14.5 Å². The van der Waals surface area contributed by atoms with Gasteiger partial charge in [0.15, 0.2) is 0 Å². The summed E-state index contributed by atoms with van der Waals surface area (Å²) >= 11 is 0. The van der Waals surface area contributed by atoms with Gasteiger partial charge in [0.25, 0.3) is 0 Å². The largest absolute Gasteiger partial charge is 0.508 e. The van der Waals surface area contributed by atoms with E-state index in [-0.39, 0.29) is 18.7 Å². The molecule has 0 radical (unpaired) electrons. The molecule has 0 aromatic heterocycles. The number of phenolic OH excluding ortho intramolecular Hbond substituents is 1. The standard InChI is InChI=1S/C22H29NO5/c1-21(2,3)27-19(25)23(20(26)28-22(4,5)6)12-11-17-13-15-9-7-8-10-16(15)14-18(17)24/h7-10,13-14,24H,11-12H2,1-6H3. The predicted octanol–water partition coefficient (Wildman–Crippen LogP) is 5.26. The number of rotatable bonds is 3. The van der Waals surface area contributed by atoms with E-state index in [9.17, 15) is 14.7 Å². The van der Waals surface area contributed by atoms with E-state index >= 15 is 0 Å². The lowest BCUT2D eigenvalue weighted by atomic mass is 10.0. The molecule has 28 heavy (non-hydrogen) atoms. The number of phenols is 1. The van der Waals surface area contributed by atoms with Crippen molar-refractivity contribution in [3.05, 3.63) is 42.0 Å². The molecular weight excluding hydrogens is 358 g/mol. The number of fused-ring (bicyclic) bond motifs is 1. The van der Waals surface area contributed by atoms with Gasteiger partial charge < -0.3 is 14.6 Å². The van der Waals surface area contributed by atoms with Crippen LogP contribution in [0.25, 0.3) is 10.8 Å². The molecule has 2 rings (SSSR count). The zero-order valence-electron chi connectivity index (χ0n) is 17.4. The first kappa shape index (κ1) is 21.5. The molecule has 6 heteroatoms. The molecule has 0 aliphatic rings. The van der Waals surface area contributed by atoms with Crippen molar-refractivity contribution in [2.45, 2.75) is 59.2 Å². The van der Waals surface area contributed by atoms with Crippen LogP contribution >= 0.6 is 0 Å². The Bertz CT molecular complexity index is 833. The molecule has 0 spiro atoms. The Morgan fingerprint density at radius 1 is 0.893 bits per heavy atom. The monoisotopic (exact) mass is 387 g/mol. The van der Waals surface area contributed by atoms with E-state index in [1.165, 1.54) is 0 Å². The van der Waals surface area contributed by atoms with Crippen LogP contribution in [-0.4, -0.2) is 39.9 Å². The van der Waals surface area contributed by atoms with E-state index in [1.54, 1.807) is 47.6 Å². The van der Waals surface area contributed by atoms with Crippen LogP contribution in [-0.2, 0) is 15.9 Å². The Labute approximate surface area is 166 Å². The van der Waals surface area contributed by atoms with Gasteiger partial charge in [-0.15, -0.1) is 0 Å². The third kappa shape index (κ3) is 6.15. The fourth-order valence-electron chi connectivity index (χ4n) is 2.60. The molecule has 2 aromatic rings. The second kappa shape index (κ2) is 8.09. The Kier molecular flexibility index (Phi) is 6.22. The summed E-state index contributed by atoms with van der Waals surface area (Å²) in [6.45, 7) is 10.4. The fourth-order valence-corrected chi connectivity index (χ4v) is 2.60. The van der Waals surface area contributed by atoms with Crippen LogP contribution in [0.5, 0.6) is 5.75 Å². The molecule has 0 fully saturated rings. The van der Waals surface area contributed by atoms with E-state index in [4.69, 9.17) is 9.47 Å². The average molecular weight is 387 g/mol. The number of hydrogen-bond donors (Lipinski definition) is 1. The van der Waals surface area contributed by atoms with Gasteiger partial charge in [-0.05, 0) is 76.4 Å². The van der Waals surface area contributed by atoms with Crippen LogP contribution in [0, 0.1) is 0 Å². The molecule has 0 saturated heterocycles. The zero-order valence-corrected chi connectivity index (χ0v) is 17.4. The number of hydrogen-bond acceptors (Lipinski definition) is 5. The van der Waals surface area contributed by atoms with E-state index in [0.717, 1.165) is 15.7 Å². The van der Waals surface area contributed by atoms with Crippen molar-refractivity contribution in [2.75, 3.05) is 6.54 Å². The lowest BCUT2D eigenvalue weighted by Gasteiger charge is -2.28. The SMILES string of the molecule is CC(C)(C)OC(=O)N(CCc1cc2ccccc2cc1O)C(=O)OC(C)(C)C. The lowest BCUT2D eigenvalue weighted by molar-refractivity contribution is 0.00167. The summed E-state index contributed by atoms with van der Waals surface area (Å²) < 4.78 is 10.7. The summed E-state index contributed by atoms with van der Waals surface area (Å²) in [5.41, 5.74) is -0.860. The molecule has 0 aliphatic heterocycles. The molecule has 152 valence electrons. The maximum atomic E-state index is 12.5. The Morgan fingerprint density at radius 2 is 1.36 bits per heavy atom. The summed E-state index contributed by atoms with van der Waals surface area (Å²) in [4.78, 5) is 26.0. The first-order valence-electron chi connectivity index (χ1n) is 9.30. The fraction of sp³-hybridized carbons (Fsp3) is 0.455. The molecule has 2 aromatic carbocycles. The topological polar surface area (TPSA) is 76.1 Å². The third-order valence-electron chi connectivity index (χ3n) is 3.78. The highest BCUT2D eigenvalue weighted by atomic mass is 16.6. The summed E-state index contributed by atoms with van der Waals surface area (Å²) in [7, 11) is 0. The maximum absolute atomic E-state index is 12.5. The number of aromatic hydroxyl groups is 1. The van der Waals surface area contributed by atoms with Gasteiger partial charge in [0.2, 0.25) is 0 Å². The van der Waals surface area contributed by atoms with Gasteiger partial charge >= 0.3 is 12.2 Å². The number of nitrogens with zero attached hydrogens (tertiary/aromatic N) is 1. The van der Waals surface area contributed by atoms with Crippen LogP contribution < -0.4 is 0 Å². The van der Waals surface area contributed by atoms with E-state index in [0.29, 0.717) is 5.56 Å². The first-order valence-corrected chi connectivity index (χ1v) is 9.30. The number of imide groups is 1. The maximum Gasteiger partial charge on any atom is 0.419 e. The van der Waals surface area contributed by atoms with Gasteiger partial charge in [-0.1, -0.05) is 24.3 Å². The minimum Gasteiger partial charge on any atom is -0.508 e. The smallest absolute Gasteiger partial charge is 0.419 e. The van der Waals surface area contributed by atoms with Gasteiger partial charge in [0.05, 0.1) is 0 Å². The number of amides is 2. The molecule has 6 nitrogen and oxygen atoms in total. The second-order valence-electron chi connectivity index (χ2n) is 8.69. The Balaban J connectivity index is 2.23. The molecule has 0 saturated carbocycles. The molecule has 0 heterocycles. The van der Waals surface area contributed by atoms with Gasteiger partial charge in [-0.2, -0.15) is 0 Å². The van der Waals surface area contributed by atoms with Gasteiger partial charge in [0.1, 0.15) is 17.0 Å². The van der Waals surface area contributed by atoms with Crippen molar-refractivity contribution in [1.29, 1.82) is 0 Å². The molecule has 0 bridgehead atoms. The van der Waals surface area contributed by atoms with Crippen LogP contribution in [0.4, 0.5) is 9.59 Å². The number of carbonyl (C=O) groups is 2. The summed E-state index contributed by atoms with van der Waals surface area (Å²) in [6.07, 6.45) is -1.28. The molecule has 0 aliphatic carbocycles. The molecule has 0 unspecified atom stereocenters. The molecule has 1 N–H and O–H groups in total. The minimum atomic E-state index is -0.776. The van der Waals surface area contributed by atoms with Crippen LogP contribution in [0.15, 0.2) is 36.4 Å². The zero-order chi connectivity index (χ0) is 21.1. The van der Waals surface area contributed by atoms with Crippen LogP contribution in [0.2, 0.25) is 0 Å². The highest BCUT2D eigenvalue weighted by Crippen LogP contribution is 2.26. The average Bonchev–Trinajstić information content (AvgIpc) is 2.52. The van der Waals surface area contributed by atoms with E-state index in [1.807, 2.05) is 30.3 Å². The first-order chi connectivity index (χ1) is 12.9. The number of ether oxygens (including phenoxy) is 2. The quantitative estimate of drug-likeness (QED) is 0.777. The molecular formula is C22H29NO5. The Hall–Kier alpha value is -2.76. The third-order valence-corrected chi connectivity index (χ3v) is 3.78. The summed E-state index contributed by atoms with van der Waals surface area (Å²) in [5, 5.41) is 12.2. The van der Waals surface area contributed by atoms with Crippen molar-refractivity contribution in [3.8, 4) is 5.75 Å². The Morgan fingerprint density at radius 3 is 1.82 bits per heavy atom. The van der Waals surface area contributed by atoms with Crippen molar-refractivity contribution in [1.82, 2.24) is 4.90 Å². The summed E-state index contributed by atoms with van der Waals surface area (Å²) in [6, 6.07) is 11.2. The highest BCUT2D eigenvalue weighted by Gasteiger charge is 2.31. The number of benzene rings is 2. The number of carbonyl (C=O) groups excluding carboxylic acids is 2. The normalized spacial score (nSPS) is 11.9. The molecule has 2 amide bonds. The van der Waals surface area contributed by atoms with Crippen molar-refractivity contribution < 1.29 is 24.2 Å². The van der Waals surface area contributed by atoms with Gasteiger partial charge in [0, 0.05) is 6.54 Å². The summed E-state index contributed by atoms with van der Waals surface area (Å²) in [5.74, 6) is 0.118. The minimum absolute atomic E-state index is 0.0235. The van der Waals surface area contributed by atoms with Crippen LogP contribution in [0.3, 0.4) is 0 Å². The van der Waals surface area contributed by atoms with Crippen molar-refractivity contribution in [2.24, 2.45) is 0 Å². The van der Waals surface area contributed by atoms with Gasteiger partial charge in [-0.3, -0.25) is 0 Å². The van der Waals surface area contributed by atoms with Crippen LogP contribution in [0.1, 0.15) is 47.1 Å².